The Morgan fingerprint density at radius 3 is 1.83 bits per heavy atom. The van der Waals surface area contributed by atoms with Crippen LogP contribution in [0.5, 0.6) is 0 Å². The number of alkyl carbamates (subject to hydrolysis) is 2. The van der Waals surface area contributed by atoms with Gasteiger partial charge in [0, 0.05) is 17.7 Å². The van der Waals surface area contributed by atoms with Gasteiger partial charge in [-0.2, -0.15) is 0 Å². The van der Waals surface area contributed by atoms with Crippen LogP contribution < -0.4 is 16.0 Å². The smallest absolute Gasteiger partial charge is 0.407 e. The van der Waals surface area contributed by atoms with Crippen molar-refractivity contribution in [2.45, 2.75) is 70.0 Å². The molecule has 0 saturated carbocycles. The molecule has 0 bridgehead atoms. The Hall–Kier alpha value is -6.18. The number of aliphatic hydroxyl groups is 2. The predicted molar refractivity (Wildman–Crippen MR) is 196 cm³/mol. The number of aromatic nitrogens is 4. The van der Waals surface area contributed by atoms with Gasteiger partial charge in [0.25, 0.3) is 0 Å². The number of imidazole rings is 2. The second kappa shape index (κ2) is 17.6. The van der Waals surface area contributed by atoms with Crippen molar-refractivity contribution in [2.24, 2.45) is 0 Å². The lowest BCUT2D eigenvalue weighted by Gasteiger charge is -2.29. The quantitative estimate of drug-likeness (QED) is 0.111. The summed E-state index contributed by atoms with van der Waals surface area (Å²) in [5, 5.41) is 27.6. The number of likely N-dealkylation sites (tertiary alicyclic amines) is 1. The third kappa shape index (κ3) is 9.43. The van der Waals surface area contributed by atoms with E-state index in [4.69, 9.17) is 0 Å². The van der Waals surface area contributed by atoms with Gasteiger partial charge in [0.1, 0.15) is 23.7 Å². The summed E-state index contributed by atoms with van der Waals surface area (Å²) in [6, 6.07) is 12.1. The fraction of sp³-hybridized carbons (Fsp3) is 0.368. The van der Waals surface area contributed by atoms with Crippen LogP contribution in [0.15, 0.2) is 60.9 Å². The molecule has 7 N–H and O–H groups in total. The average Bonchev–Trinajstić information content (AvgIpc) is 3.96. The zero-order valence-corrected chi connectivity index (χ0v) is 30.5. The van der Waals surface area contributed by atoms with E-state index in [9.17, 15) is 29.4 Å². The molecule has 5 rings (SSSR count). The summed E-state index contributed by atoms with van der Waals surface area (Å²) in [5.74, 6) is 6.48. The van der Waals surface area contributed by atoms with Crippen molar-refractivity contribution in [1.29, 1.82) is 0 Å². The highest BCUT2D eigenvalue weighted by molar-refractivity contribution is 5.87. The first kappa shape index (κ1) is 39.0. The van der Waals surface area contributed by atoms with E-state index < -0.39 is 54.3 Å². The molecule has 1 fully saturated rings. The van der Waals surface area contributed by atoms with E-state index in [0.717, 1.165) is 40.1 Å². The number of H-pyrrole nitrogens is 2. The maximum Gasteiger partial charge on any atom is 0.407 e. The molecular weight excluding hydrogens is 696 g/mol. The Morgan fingerprint density at radius 1 is 0.778 bits per heavy atom. The van der Waals surface area contributed by atoms with E-state index in [1.165, 1.54) is 28.1 Å². The van der Waals surface area contributed by atoms with Crippen LogP contribution in [0.25, 0.3) is 22.5 Å². The van der Waals surface area contributed by atoms with Crippen LogP contribution in [0, 0.1) is 11.8 Å². The molecule has 16 nitrogen and oxygen atoms in total. The Morgan fingerprint density at radius 2 is 1.30 bits per heavy atom. The maximum atomic E-state index is 13.3. The van der Waals surface area contributed by atoms with Crippen LogP contribution in [0.2, 0.25) is 0 Å². The number of hydrogen-bond donors (Lipinski definition) is 7. The monoisotopic (exact) mass is 740 g/mol. The van der Waals surface area contributed by atoms with E-state index in [-0.39, 0.29) is 6.04 Å². The number of rotatable bonds is 11. The summed E-state index contributed by atoms with van der Waals surface area (Å²) in [6.45, 7) is 5.03. The number of aliphatic hydroxyl groups excluding tert-OH is 2. The highest BCUT2D eigenvalue weighted by atomic mass is 16.5. The SMILES string of the molecule is COC(=O)N[C@H](C(=O)N[C@@H](C)c1ncc(-c2ccc(C#Cc3ccc(-c4cnc([C@@H]5CCCN5C(=O)[C@@H](NC(=O)OC)[C@@H](C)O)[nH]4)cc3)cc2)[nH]1)[C@@H](C)O. The molecule has 0 spiro atoms. The summed E-state index contributed by atoms with van der Waals surface area (Å²) in [7, 11) is 2.37. The maximum absolute atomic E-state index is 13.3. The molecule has 2 aromatic heterocycles. The van der Waals surface area contributed by atoms with Crippen LogP contribution >= 0.6 is 0 Å². The number of aromatic amines is 2. The van der Waals surface area contributed by atoms with Crippen molar-refractivity contribution < 1.29 is 38.9 Å². The van der Waals surface area contributed by atoms with Gasteiger partial charge in [-0.3, -0.25) is 9.59 Å². The predicted octanol–water partition coefficient (Wildman–Crippen LogP) is 2.92. The van der Waals surface area contributed by atoms with Crippen molar-refractivity contribution in [1.82, 2.24) is 40.8 Å². The van der Waals surface area contributed by atoms with E-state index in [1.54, 1.807) is 24.2 Å². The molecule has 3 heterocycles. The minimum absolute atomic E-state index is 0.331. The number of nitrogens with one attached hydrogen (secondary N) is 5. The molecule has 6 atom stereocenters. The summed E-state index contributed by atoms with van der Waals surface area (Å²) >= 11 is 0. The van der Waals surface area contributed by atoms with E-state index in [0.29, 0.717) is 24.6 Å². The van der Waals surface area contributed by atoms with Gasteiger partial charge in [-0.05, 0) is 69.0 Å². The first-order valence-corrected chi connectivity index (χ1v) is 17.4. The average molecular weight is 741 g/mol. The van der Waals surface area contributed by atoms with E-state index in [2.05, 4.69) is 57.2 Å². The summed E-state index contributed by atoms with van der Waals surface area (Å²) < 4.78 is 9.16. The van der Waals surface area contributed by atoms with Crippen LogP contribution in [0.1, 0.15) is 68.5 Å². The largest absolute Gasteiger partial charge is 0.453 e. The fourth-order valence-electron chi connectivity index (χ4n) is 6.00. The molecule has 54 heavy (non-hydrogen) atoms. The number of carbonyl (C=O) groups excluding carboxylic acids is 4. The first-order valence-electron chi connectivity index (χ1n) is 17.4. The molecular formula is C38H44N8O8. The van der Waals surface area contributed by atoms with Crippen LogP contribution in [0.4, 0.5) is 9.59 Å². The summed E-state index contributed by atoms with van der Waals surface area (Å²) in [5.41, 5.74) is 4.88. The zero-order valence-electron chi connectivity index (χ0n) is 30.5. The fourth-order valence-corrected chi connectivity index (χ4v) is 6.00. The highest BCUT2D eigenvalue weighted by Gasteiger charge is 2.38. The standard InChI is InChI=1S/C38H44N8O8/c1-21(41-35(49)31(22(2)47)44-37(51)53-4)33-39-19-28(42-33)26-14-10-24(11-15-26)8-9-25-12-16-27(17-13-25)29-20-40-34(43-29)30-7-6-18-46(30)36(50)32(23(3)48)45-38(52)54-5/h10-17,19-23,30-32,47-48H,6-7,18H2,1-5H3,(H,39,42)(H,40,43)(H,41,49)(H,44,51)(H,45,52)/t21-,22+,23+,30-,31-,32-/m0/s1. The number of carbonyl (C=O) groups is 4. The molecule has 1 saturated heterocycles. The van der Waals surface area contributed by atoms with Crippen LogP contribution in [-0.2, 0) is 19.1 Å². The normalized spacial score (nSPS) is 16.5. The van der Waals surface area contributed by atoms with Gasteiger partial charge in [0.15, 0.2) is 0 Å². The van der Waals surface area contributed by atoms with Gasteiger partial charge in [0.05, 0.1) is 62.3 Å². The number of amides is 4. The van der Waals surface area contributed by atoms with Crippen molar-refractivity contribution in [3.63, 3.8) is 0 Å². The van der Waals surface area contributed by atoms with Crippen molar-refractivity contribution in [3.05, 3.63) is 83.7 Å². The first-order chi connectivity index (χ1) is 25.9. The topological polar surface area (TPSA) is 224 Å². The number of hydrogen-bond acceptors (Lipinski definition) is 10. The second-order valence-corrected chi connectivity index (χ2v) is 12.9. The van der Waals surface area contributed by atoms with E-state index >= 15 is 0 Å². The van der Waals surface area contributed by atoms with Crippen molar-refractivity contribution >= 4 is 24.0 Å². The van der Waals surface area contributed by atoms with Gasteiger partial charge in [-0.15, -0.1) is 0 Å². The molecule has 4 amide bonds. The Labute approximate surface area is 312 Å². The minimum Gasteiger partial charge on any atom is -0.453 e. The number of nitrogens with zero attached hydrogens (tertiary/aromatic N) is 3. The molecule has 284 valence electrons. The van der Waals surface area contributed by atoms with E-state index in [1.807, 2.05) is 48.5 Å². The van der Waals surface area contributed by atoms with Gasteiger partial charge in [-0.25, -0.2) is 19.6 Å². The lowest BCUT2D eigenvalue weighted by atomic mass is 10.1. The summed E-state index contributed by atoms with van der Waals surface area (Å²) in [6.07, 6.45) is 0.928. The molecule has 1 aliphatic heterocycles. The Balaban J connectivity index is 1.19. The lowest BCUT2D eigenvalue weighted by Crippen LogP contribution is -2.53. The molecule has 0 radical (unpaired) electrons. The van der Waals surface area contributed by atoms with Crippen molar-refractivity contribution in [3.8, 4) is 34.4 Å². The molecule has 0 unspecified atom stereocenters. The molecule has 2 aromatic carbocycles. The third-order valence-corrected chi connectivity index (χ3v) is 8.99. The minimum atomic E-state index is -1.20. The molecule has 4 aromatic rings. The van der Waals surface area contributed by atoms with Gasteiger partial charge < -0.3 is 50.5 Å². The molecule has 0 aliphatic carbocycles. The Kier molecular flexibility index (Phi) is 12.7. The molecule has 16 heteroatoms. The highest BCUT2D eigenvalue weighted by Crippen LogP contribution is 2.32. The number of ether oxygens (including phenoxy) is 2. The zero-order chi connectivity index (χ0) is 38.9. The number of benzene rings is 2. The summed E-state index contributed by atoms with van der Waals surface area (Å²) in [4.78, 5) is 66.5. The van der Waals surface area contributed by atoms with Gasteiger partial charge in [0.2, 0.25) is 11.8 Å². The second-order valence-electron chi connectivity index (χ2n) is 12.9. The van der Waals surface area contributed by atoms with Crippen LogP contribution in [0.3, 0.4) is 0 Å². The van der Waals surface area contributed by atoms with Gasteiger partial charge >= 0.3 is 12.2 Å². The molecule has 1 aliphatic rings. The van der Waals surface area contributed by atoms with Crippen LogP contribution in [-0.4, -0.2) is 104 Å². The van der Waals surface area contributed by atoms with Crippen molar-refractivity contribution in [2.75, 3.05) is 20.8 Å². The lowest BCUT2D eigenvalue weighted by molar-refractivity contribution is -0.137. The Bertz CT molecular complexity index is 1990. The third-order valence-electron chi connectivity index (χ3n) is 8.99. The van der Waals surface area contributed by atoms with Gasteiger partial charge in [-0.1, -0.05) is 36.1 Å². The number of methoxy groups -OCH3 is 2.